The zero-order valence-electron chi connectivity index (χ0n) is 15.7. The van der Waals surface area contributed by atoms with Gasteiger partial charge in [0.15, 0.2) is 5.15 Å². The molecule has 2 saturated heterocycles. The van der Waals surface area contributed by atoms with E-state index in [0.29, 0.717) is 37.3 Å². The molecule has 0 radical (unpaired) electrons. The third kappa shape index (κ3) is 6.13. The maximum absolute atomic E-state index is 12.6. The van der Waals surface area contributed by atoms with Gasteiger partial charge in [-0.05, 0) is 32.2 Å². The summed E-state index contributed by atoms with van der Waals surface area (Å²) in [4.78, 5) is 9.48. The van der Waals surface area contributed by atoms with Gasteiger partial charge in [0.2, 0.25) is 5.95 Å². The SMILES string of the molecule is FC1CCCOC1.Nc1ncc2c(Cl)nc(C3CCCN(CC(F)(F)F)C3)n2n1. The first-order valence-corrected chi connectivity index (χ1v) is 9.78. The van der Waals surface area contributed by atoms with E-state index >= 15 is 0 Å². The van der Waals surface area contributed by atoms with E-state index in [4.69, 9.17) is 22.1 Å². The maximum Gasteiger partial charge on any atom is 0.401 e. The van der Waals surface area contributed by atoms with Crippen LogP contribution in [-0.4, -0.2) is 69.7 Å². The highest BCUT2D eigenvalue weighted by Gasteiger charge is 2.34. The van der Waals surface area contributed by atoms with Crippen molar-refractivity contribution in [2.75, 3.05) is 38.6 Å². The summed E-state index contributed by atoms with van der Waals surface area (Å²) in [6, 6.07) is 0. The summed E-state index contributed by atoms with van der Waals surface area (Å²) in [5.74, 6) is 0.414. The first kappa shape index (κ1) is 22.0. The highest BCUT2D eigenvalue weighted by Crippen LogP contribution is 2.30. The average molecular weight is 439 g/mol. The summed E-state index contributed by atoms with van der Waals surface area (Å²) in [6.45, 7) is 0.834. The predicted octanol–water partition coefficient (Wildman–Crippen LogP) is 3.24. The second-order valence-corrected chi connectivity index (χ2v) is 7.54. The van der Waals surface area contributed by atoms with E-state index in [2.05, 4.69) is 15.1 Å². The van der Waals surface area contributed by atoms with Crippen LogP contribution in [0.3, 0.4) is 0 Å². The molecule has 2 aromatic rings. The number of nitrogen functional groups attached to an aromatic ring is 1. The molecule has 0 amide bonds. The summed E-state index contributed by atoms with van der Waals surface area (Å²) in [6.07, 6.45) is -0.463. The Morgan fingerprint density at radius 1 is 1.28 bits per heavy atom. The van der Waals surface area contributed by atoms with Gasteiger partial charge in [-0.2, -0.15) is 13.2 Å². The smallest absolute Gasteiger partial charge is 0.378 e. The molecule has 0 spiro atoms. The number of rotatable bonds is 2. The van der Waals surface area contributed by atoms with Crippen molar-refractivity contribution >= 4 is 23.1 Å². The number of halogens is 5. The first-order valence-electron chi connectivity index (χ1n) is 9.40. The fraction of sp³-hybridized carbons (Fsp3) is 0.706. The van der Waals surface area contributed by atoms with Gasteiger partial charge in [-0.15, -0.1) is 5.10 Å². The fourth-order valence-corrected chi connectivity index (χ4v) is 3.73. The number of ether oxygens (including phenoxy) is 1. The lowest BCUT2D eigenvalue weighted by atomic mass is 9.97. The Morgan fingerprint density at radius 3 is 2.69 bits per heavy atom. The van der Waals surface area contributed by atoms with Gasteiger partial charge in [-0.3, -0.25) is 4.90 Å². The lowest BCUT2D eigenvalue weighted by Crippen LogP contribution is -2.41. The molecule has 2 aliphatic rings. The molecule has 4 rings (SSSR count). The molecule has 2 aromatic heterocycles. The standard InChI is InChI=1S/C12H14ClF3N6.C5H9FO/c13-9-8-4-18-11(17)20-22(8)10(19-9)7-2-1-3-21(5-7)6-12(14,15)16;6-5-2-1-3-7-4-5/h4,7H,1-3,5-6H2,(H2,17,20);5H,1-4H2. The van der Waals surface area contributed by atoms with Gasteiger partial charge in [0.05, 0.1) is 19.3 Å². The molecule has 2 fully saturated rings. The topological polar surface area (TPSA) is 81.6 Å². The van der Waals surface area contributed by atoms with Crippen molar-refractivity contribution in [3.63, 3.8) is 0 Å². The van der Waals surface area contributed by atoms with E-state index in [9.17, 15) is 17.6 Å². The number of anilines is 1. The van der Waals surface area contributed by atoms with Crippen LogP contribution in [0.1, 0.15) is 37.4 Å². The number of aromatic nitrogens is 4. The number of hydrogen-bond acceptors (Lipinski definition) is 6. The quantitative estimate of drug-likeness (QED) is 0.725. The number of piperidine rings is 1. The van der Waals surface area contributed by atoms with Gasteiger partial charge in [-0.25, -0.2) is 18.9 Å². The van der Waals surface area contributed by atoms with E-state index in [0.717, 1.165) is 19.4 Å². The molecule has 2 aliphatic heterocycles. The lowest BCUT2D eigenvalue weighted by Gasteiger charge is -2.32. The largest absolute Gasteiger partial charge is 0.401 e. The fourth-order valence-electron chi connectivity index (χ4n) is 3.51. The van der Waals surface area contributed by atoms with Crippen molar-refractivity contribution in [1.82, 2.24) is 24.5 Å². The van der Waals surface area contributed by atoms with Crippen molar-refractivity contribution in [3.8, 4) is 0 Å². The summed E-state index contributed by atoms with van der Waals surface area (Å²) in [5, 5.41) is 4.29. The molecular weight excluding hydrogens is 416 g/mol. The Hall–Kier alpha value is -1.72. The Balaban J connectivity index is 0.000000290. The molecule has 12 heteroatoms. The van der Waals surface area contributed by atoms with Gasteiger partial charge in [0.1, 0.15) is 17.5 Å². The molecule has 29 heavy (non-hydrogen) atoms. The van der Waals surface area contributed by atoms with Crippen molar-refractivity contribution in [2.45, 2.75) is 43.9 Å². The highest BCUT2D eigenvalue weighted by molar-refractivity contribution is 6.32. The normalized spacial score (nSPS) is 23.6. The predicted molar refractivity (Wildman–Crippen MR) is 99.6 cm³/mol. The number of hydrogen-bond donors (Lipinski definition) is 1. The van der Waals surface area contributed by atoms with E-state index in [1.807, 2.05) is 0 Å². The zero-order chi connectivity index (χ0) is 21.0. The Labute approximate surface area is 170 Å². The second-order valence-electron chi connectivity index (χ2n) is 7.18. The van der Waals surface area contributed by atoms with Crippen molar-refractivity contribution in [1.29, 1.82) is 0 Å². The van der Waals surface area contributed by atoms with Crippen LogP contribution in [0.2, 0.25) is 5.15 Å². The van der Waals surface area contributed by atoms with Crippen LogP contribution in [-0.2, 0) is 4.74 Å². The molecule has 0 aromatic carbocycles. The lowest BCUT2D eigenvalue weighted by molar-refractivity contribution is -0.148. The van der Waals surface area contributed by atoms with Crippen LogP contribution in [0.4, 0.5) is 23.5 Å². The highest BCUT2D eigenvalue weighted by atomic mass is 35.5. The number of nitrogens with two attached hydrogens (primary N) is 1. The van der Waals surface area contributed by atoms with Gasteiger partial charge < -0.3 is 10.5 Å². The van der Waals surface area contributed by atoms with E-state index < -0.39 is 18.9 Å². The van der Waals surface area contributed by atoms with E-state index in [1.54, 1.807) is 0 Å². The van der Waals surface area contributed by atoms with Crippen LogP contribution in [0.5, 0.6) is 0 Å². The maximum atomic E-state index is 12.6. The van der Waals surface area contributed by atoms with Gasteiger partial charge in [0.25, 0.3) is 0 Å². The molecule has 2 N–H and O–H groups in total. The number of imidazole rings is 1. The van der Waals surface area contributed by atoms with Crippen molar-refractivity contribution in [2.24, 2.45) is 0 Å². The Kier molecular flexibility index (Phi) is 7.12. The molecule has 7 nitrogen and oxygen atoms in total. The number of nitrogens with zero attached hydrogens (tertiary/aromatic N) is 5. The minimum Gasteiger partial charge on any atom is -0.378 e. The van der Waals surface area contributed by atoms with Crippen LogP contribution >= 0.6 is 11.6 Å². The van der Waals surface area contributed by atoms with Crippen LogP contribution in [0.15, 0.2) is 6.20 Å². The molecule has 0 aliphatic carbocycles. The molecule has 0 saturated carbocycles. The Morgan fingerprint density at radius 2 is 2.07 bits per heavy atom. The van der Waals surface area contributed by atoms with Gasteiger partial charge >= 0.3 is 6.18 Å². The third-order valence-electron chi connectivity index (χ3n) is 4.77. The van der Waals surface area contributed by atoms with E-state index in [1.165, 1.54) is 15.6 Å². The van der Waals surface area contributed by atoms with Crippen molar-refractivity contribution < 1.29 is 22.3 Å². The molecular formula is C17H23ClF4N6O. The summed E-state index contributed by atoms with van der Waals surface area (Å²) < 4.78 is 56.0. The molecule has 0 bridgehead atoms. The molecule has 4 heterocycles. The van der Waals surface area contributed by atoms with Crippen LogP contribution in [0, 0.1) is 0 Å². The number of alkyl halides is 4. The minimum absolute atomic E-state index is 0.0609. The number of likely N-dealkylation sites (tertiary alicyclic amines) is 1. The summed E-state index contributed by atoms with van der Waals surface area (Å²) in [5.41, 5.74) is 6.07. The Bertz CT molecular complexity index is 811. The molecule has 2 unspecified atom stereocenters. The monoisotopic (exact) mass is 438 g/mol. The van der Waals surface area contributed by atoms with E-state index in [-0.39, 0.29) is 23.6 Å². The van der Waals surface area contributed by atoms with Crippen molar-refractivity contribution in [3.05, 3.63) is 17.2 Å². The van der Waals surface area contributed by atoms with Crippen LogP contribution in [0.25, 0.3) is 5.52 Å². The summed E-state index contributed by atoms with van der Waals surface area (Å²) >= 11 is 6.05. The van der Waals surface area contributed by atoms with Crippen LogP contribution < -0.4 is 5.73 Å². The molecule has 2 atom stereocenters. The average Bonchev–Trinajstić information content (AvgIpc) is 2.98. The third-order valence-corrected chi connectivity index (χ3v) is 5.05. The number of fused-ring (bicyclic) bond motifs is 1. The first-order chi connectivity index (χ1) is 13.7. The zero-order valence-corrected chi connectivity index (χ0v) is 16.5. The second kappa shape index (κ2) is 9.40. The van der Waals surface area contributed by atoms with Gasteiger partial charge in [-0.1, -0.05) is 11.6 Å². The van der Waals surface area contributed by atoms with Gasteiger partial charge in [0, 0.05) is 19.1 Å². The minimum atomic E-state index is -4.21. The summed E-state index contributed by atoms with van der Waals surface area (Å²) in [7, 11) is 0. The molecule has 162 valence electrons.